The zero-order valence-corrected chi connectivity index (χ0v) is 34.6. The van der Waals surface area contributed by atoms with Crippen molar-refractivity contribution >= 4 is 43.6 Å². The van der Waals surface area contributed by atoms with E-state index in [1.165, 1.54) is 10.8 Å². The second kappa shape index (κ2) is 15.3. The fourth-order valence-corrected chi connectivity index (χ4v) is 9.57. The summed E-state index contributed by atoms with van der Waals surface area (Å²) >= 11 is 0. The van der Waals surface area contributed by atoms with Crippen molar-refractivity contribution in [3.05, 3.63) is 230 Å². The third-order valence-electron chi connectivity index (χ3n) is 12.4. The summed E-state index contributed by atoms with van der Waals surface area (Å²) in [5.74, 6) is 0.630. The van der Waals surface area contributed by atoms with Gasteiger partial charge in [0.25, 0.3) is 0 Å². The summed E-state index contributed by atoms with van der Waals surface area (Å²) in [4.78, 5) is 10.9. The summed E-state index contributed by atoms with van der Waals surface area (Å²) in [6, 6.07) is 80.8. The molecule has 9 aromatic carbocycles. The van der Waals surface area contributed by atoms with E-state index in [0.29, 0.717) is 11.4 Å². The van der Waals surface area contributed by atoms with E-state index in [2.05, 4.69) is 203 Å². The predicted molar refractivity (Wildman–Crippen MR) is 263 cm³/mol. The van der Waals surface area contributed by atoms with Gasteiger partial charge in [-0.15, -0.1) is 0 Å². The zero-order valence-electron chi connectivity index (χ0n) is 34.6. The number of rotatable bonds is 7. The van der Waals surface area contributed by atoms with Crippen LogP contribution < -0.4 is 0 Å². The molecule has 0 saturated heterocycles. The fraction of sp³-hybridized carbons (Fsp3) is 0. The van der Waals surface area contributed by atoms with Crippen LogP contribution in [0.1, 0.15) is 5.56 Å². The average Bonchev–Trinajstić information content (AvgIpc) is 3.89. The van der Waals surface area contributed by atoms with E-state index in [4.69, 9.17) is 9.97 Å². The number of hydrogen-bond donors (Lipinski definition) is 0. The van der Waals surface area contributed by atoms with E-state index in [1.807, 2.05) is 36.4 Å². The van der Waals surface area contributed by atoms with E-state index < -0.39 is 0 Å². The van der Waals surface area contributed by atoms with Crippen LogP contribution in [-0.4, -0.2) is 19.1 Å². The average molecular weight is 816 g/mol. The number of hydrogen-bond acceptors (Lipinski definition) is 3. The van der Waals surface area contributed by atoms with Crippen molar-refractivity contribution in [3.63, 3.8) is 0 Å². The first-order valence-corrected chi connectivity index (χ1v) is 21.5. The van der Waals surface area contributed by atoms with Crippen molar-refractivity contribution in [3.8, 4) is 73.6 Å². The Labute approximate surface area is 370 Å². The highest BCUT2D eigenvalue weighted by molar-refractivity contribution is 6.13. The van der Waals surface area contributed by atoms with Crippen molar-refractivity contribution in [1.29, 1.82) is 5.26 Å². The van der Waals surface area contributed by atoms with Crippen LogP contribution in [0.15, 0.2) is 224 Å². The number of nitrogens with zero attached hydrogens (tertiary/aromatic N) is 5. The molecule has 0 N–H and O–H groups in total. The first kappa shape index (κ1) is 37.0. The molecule has 12 rings (SSSR count). The van der Waals surface area contributed by atoms with Gasteiger partial charge < -0.3 is 9.13 Å². The van der Waals surface area contributed by atoms with Gasteiger partial charge in [0, 0.05) is 49.4 Å². The third kappa shape index (κ3) is 6.00. The molecule has 12 aromatic rings. The highest BCUT2D eigenvalue weighted by Crippen LogP contribution is 2.45. The standard InChI is InChI=1S/C59H37N5/c60-38-42-22-7-8-23-43(42)41-34-35-56-49(36-41)46-26-11-15-31-54(46)64(56)57-33-17-28-48(59-61-50(39-18-3-1-4-19-39)37-51(62-59)40-20-5-2-6-21-40)58(57)47-27-12-16-32-55(47)63-52-29-13-9-24-44(52)45-25-10-14-30-53(45)63/h1-37H. The highest BCUT2D eigenvalue weighted by atomic mass is 15.0. The van der Waals surface area contributed by atoms with E-state index in [0.717, 1.165) is 94.5 Å². The van der Waals surface area contributed by atoms with Gasteiger partial charge in [0.05, 0.1) is 56.5 Å². The minimum Gasteiger partial charge on any atom is -0.309 e. The second-order valence-corrected chi connectivity index (χ2v) is 16.0. The van der Waals surface area contributed by atoms with Crippen LogP contribution in [0.5, 0.6) is 0 Å². The van der Waals surface area contributed by atoms with Crippen molar-refractivity contribution in [1.82, 2.24) is 19.1 Å². The Balaban J connectivity index is 1.20. The zero-order chi connectivity index (χ0) is 42.6. The van der Waals surface area contributed by atoms with E-state index >= 15 is 0 Å². The van der Waals surface area contributed by atoms with E-state index in [1.54, 1.807) is 0 Å². The van der Waals surface area contributed by atoms with E-state index in [-0.39, 0.29) is 0 Å². The third-order valence-corrected chi connectivity index (χ3v) is 12.4. The van der Waals surface area contributed by atoms with Crippen LogP contribution in [0.25, 0.3) is 111 Å². The Morgan fingerprint density at radius 3 is 1.44 bits per heavy atom. The van der Waals surface area contributed by atoms with Crippen LogP contribution in [0.2, 0.25) is 0 Å². The molecule has 0 bridgehead atoms. The number of benzene rings is 9. The molecule has 0 radical (unpaired) electrons. The smallest absolute Gasteiger partial charge is 0.161 e. The minimum atomic E-state index is 0.630. The van der Waals surface area contributed by atoms with Crippen molar-refractivity contribution in [2.45, 2.75) is 0 Å². The molecule has 0 spiro atoms. The molecule has 5 heteroatoms. The van der Waals surface area contributed by atoms with Crippen LogP contribution in [0, 0.1) is 11.3 Å². The molecule has 0 fully saturated rings. The highest BCUT2D eigenvalue weighted by Gasteiger charge is 2.25. The Morgan fingerprint density at radius 2 is 0.812 bits per heavy atom. The summed E-state index contributed by atoms with van der Waals surface area (Å²) < 4.78 is 4.80. The maximum Gasteiger partial charge on any atom is 0.161 e. The Morgan fingerprint density at radius 1 is 0.344 bits per heavy atom. The Hall–Kier alpha value is -8.85. The SMILES string of the molecule is N#Cc1ccccc1-c1ccc2c(c1)c1ccccc1n2-c1cccc(-c2nc(-c3ccccc3)cc(-c3ccccc3)n2)c1-c1ccccc1-n1c2ccccc2c2ccccc21. The molecule has 0 aliphatic rings. The van der Waals surface area contributed by atoms with Crippen LogP contribution >= 0.6 is 0 Å². The largest absolute Gasteiger partial charge is 0.309 e. The first-order valence-electron chi connectivity index (χ1n) is 21.5. The van der Waals surface area contributed by atoms with Gasteiger partial charge in [-0.25, -0.2) is 9.97 Å². The maximum atomic E-state index is 10.1. The van der Waals surface area contributed by atoms with Gasteiger partial charge >= 0.3 is 0 Å². The molecular weight excluding hydrogens is 779 g/mol. The lowest BCUT2D eigenvalue weighted by Gasteiger charge is -2.21. The van der Waals surface area contributed by atoms with Crippen LogP contribution in [0.3, 0.4) is 0 Å². The number of para-hydroxylation sites is 4. The van der Waals surface area contributed by atoms with Gasteiger partial charge in [-0.2, -0.15) is 5.26 Å². The summed E-state index contributed by atoms with van der Waals surface area (Å²) in [7, 11) is 0. The molecule has 0 aliphatic heterocycles. The lowest BCUT2D eigenvalue weighted by atomic mass is 9.94. The summed E-state index contributed by atoms with van der Waals surface area (Å²) in [6.07, 6.45) is 0. The molecule has 0 atom stereocenters. The first-order chi connectivity index (χ1) is 31.7. The molecule has 298 valence electrons. The molecule has 64 heavy (non-hydrogen) atoms. The maximum absolute atomic E-state index is 10.1. The van der Waals surface area contributed by atoms with Crippen molar-refractivity contribution < 1.29 is 0 Å². The number of fused-ring (bicyclic) bond motifs is 6. The fourth-order valence-electron chi connectivity index (χ4n) is 9.57. The molecule has 3 aromatic heterocycles. The van der Waals surface area contributed by atoms with Gasteiger partial charge in [-0.3, -0.25) is 0 Å². The second-order valence-electron chi connectivity index (χ2n) is 16.0. The van der Waals surface area contributed by atoms with Gasteiger partial charge in [0.1, 0.15) is 0 Å². The summed E-state index contributed by atoms with van der Waals surface area (Å²) in [6.45, 7) is 0. The lowest BCUT2D eigenvalue weighted by Crippen LogP contribution is -2.04. The van der Waals surface area contributed by atoms with Gasteiger partial charge in [0.2, 0.25) is 0 Å². The molecule has 0 aliphatic carbocycles. The summed E-state index contributed by atoms with van der Waals surface area (Å²) in [5.41, 5.74) is 15.7. The summed E-state index contributed by atoms with van der Waals surface area (Å²) in [5, 5.41) is 14.7. The van der Waals surface area contributed by atoms with E-state index in [9.17, 15) is 5.26 Å². The number of nitriles is 1. The predicted octanol–water partition coefficient (Wildman–Crippen LogP) is 14.9. The topological polar surface area (TPSA) is 59.4 Å². The Kier molecular flexibility index (Phi) is 8.81. The molecular formula is C59H37N5. The van der Waals surface area contributed by atoms with Gasteiger partial charge in [-0.05, 0) is 65.7 Å². The molecule has 0 unspecified atom stereocenters. The van der Waals surface area contributed by atoms with Crippen molar-refractivity contribution in [2.75, 3.05) is 0 Å². The van der Waals surface area contributed by atoms with Gasteiger partial charge in [0.15, 0.2) is 5.82 Å². The Bertz CT molecular complexity index is 3690. The van der Waals surface area contributed by atoms with Crippen LogP contribution in [0.4, 0.5) is 0 Å². The minimum absolute atomic E-state index is 0.630. The monoisotopic (exact) mass is 815 g/mol. The lowest BCUT2D eigenvalue weighted by molar-refractivity contribution is 1.15. The van der Waals surface area contributed by atoms with Crippen LogP contribution in [-0.2, 0) is 0 Å². The normalized spacial score (nSPS) is 11.4. The molecule has 3 heterocycles. The molecule has 0 amide bonds. The molecule has 0 saturated carbocycles. The molecule has 5 nitrogen and oxygen atoms in total. The quantitative estimate of drug-likeness (QED) is 0.161. The van der Waals surface area contributed by atoms with Crippen molar-refractivity contribution in [2.24, 2.45) is 0 Å². The number of aromatic nitrogens is 4. The van der Waals surface area contributed by atoms with Gasteiger partial charge in [-0.1, -0.05) is 170 Å².